The largest absolute Gasteiger partial charge is 0.306 e. The van der Waals surface area contributed by atoms with Gasteiger partial charge in [-0.25, -0.2) is 0 Å². The van der Waals surface area contributed by atoms with Crippen molar-refractivity contribution in [1.29, 1.82) is 0 Å². The molecular weight excluding hydrogens is 309 g/mol. The van der Waals surface area contributed by atoms with Gasteiger partial charge in [-0.1, -0.05) is 35.3 Å². The predicted octanol–water partition coefficient (Wildman–Crippen LogP) is 5.57. The number of rotatable bonds is 5. The van der Waals surface area contributed by atoms with Crippen LogP contribution in [0.2, 0.25) is 10.0 Å². The van der Waals surface area contributed by atoms with E-state index in [1.54, 1.807) is 17.8 Å². The third kappa shape index (κ3) is 4.42. The molecule has 106 valence electrons. The summed E-state index contributed by atoms with van der Waals surface area (Å²) in [4.78, 5) is 1.28. The summed E-state index contributed by atoms with van der Waals surface area (Å²) in [6, 6.07) is 14.5. The van der Waals surface area contributed by atoms with Gasteiger partial charge in [-0.3, -0.25) is 0 Å². The Bertz CT molecular complexity index is 549. The fraction of sp³-hybridized carbons (Fsp3) is 0.250. The minimum atomic E-state index is 0.281. The second kappa shape index (κ2) is 7.37. The first-order valence-corrected chi connectivity index (χ1v) is 8.39. The van der Waals surface area contributed by atoms with Crippen LogP contribution in [0.4, 0.5) is 0 Å². The fourth-order valence-corrected chi connectivity index (χ4v) is 2.97. The number of hydrogen-bond donors (Lipinski definition) is 1. The number of benzene rings is 2. The first-order valence-electron chi connectivity index (χ1n) is 6.41. The van der Waals surface area contributed by atoms with Gasteiger partial charge >= 0.3 is 0 Å². The molecule has 0 heterocycles. The van der Waals surface area contributed by atoms with Crippen LogP contribution in [0.1, 0.15) is 24.1 Å². The van der Waals surface area contributed by atoms with E-state index in [1.165, 1.54) is 10.5 Å². The summed E-state index contributed by atoms with van der Waals surface area (Å²) in [5, 5.41) is 4.83. The molecule has 0 bridgehead atoms. The normalized spacial score (nSPS) is 12.4. The van der Waals surface area contributed by atoms with Crippen molar-refractivity contribution in [3.05, 3.63) is 63.6 Å². The molecule has 2 aromatic carbocycles. The standard InChI is InChI=1S/C16H17Cl2NS/c1-11(13-3-5-16(20-2)6-4-13)19-10-12-7-14(17)9-15(18)8-12/h3-9,11,19H,10H2,1-2H3. The lowest BCUT2D eigenvalue weighted by Gasteiger charge is -2.15. The van der Waals surface area contributed by atoms with E-state index in [9.17, 15) is 0 Å². The molecule has 20 heavy (non-hydrogen) atoms. The van der Waals surface area contributed by atoms with E-state index in [2.05, 4.69) is 42.8 Å². The summed E-state index contributed by atoms with van der Waals surface area (Å²) in [5.41, 5.74) is 2.37. The summed E-state index contributed by atoms with van der Waals surface area (Å²) in [5.74, 6) is 0. The van der Waals surface area contributed by atoms with Crippen molar-refractivity contribution < 1.29 is 0 Å². The average Bonchev–Trinajstić information content (AvgIpc) is 2.44. The lowest BCUT2D eigenvalue weighted by molar-refractivity contribution is 0.574. The van der Waals surface area contributed by atoms with Gasteiger partial charge in [0.1, 0.15) is 0 Å². The average molecular weight is 326 g/mol. The van der Waals surface area contributed by atoms with Crippen molar-refractivity contribution in [2.45, 2.75) is 24.4 Å². The number of thioether (sulfide) groups is 1. The molecule has 1 atom stereocenters. The molecule has 1 nitrogen and oxygen atoms in total. The molecule has 4 heteroatoms. The van der Waals surface area contributed by atoms with Crippen molar-refractivity contribution in [3.8, 4) is 0 Å². The maximum absolute atomic E-state index is 6.00. The van der Waals surface area contributed by atoms with Gasteiger partial charge in [0.05, 0.1) is 0 Å². The van der Waals surface area contributed by atoms with E-state index in [0.29, 0.717) is 10.0 Å². The second-order valence-corrected chi connectivity index (χ2v) is 6.41. The first-order chi connectivity index (χ1) is 9.58. The minimum absolute atomic E-state index is 0.281. The topological polar surface area (TPSA) is 12.0 Å². The SMILES string of the molecule is CSc1ccc(C(C)NCc2cc(Cl)cc(Cl)c2)cc1. The van der Waals surface area contributed by atoms with Crippen LogP contribution >= 0.6 is 35.0 Å². The van der Waals surface area contributed by atoms with E-state index < -0.39 is 0 Å². The van der Waals surface area contributed by atoms with Gasteiger partial charge in [-0.15, -0.1) is 11.8 Å². The maximum atomic E-state index is 6.00. The van der Waals surface area contributed by atoms with Gasteiger partial charge in [-0.2, -0.15) is 0 Å². The Morgan fingerprint density at radius 2 is 1.65 bits per heavy atom. The zero-order valence-corrected chi connectivity index (χ0v) is 13.8. The zero-order chi connectivity index (χ0) is 14.5. The van der Waals surface area contributed by atoms with E-state index in [-0.39, 0.29) is 6.04 Å². The van der Waals surface area contributed by atoms with Gasteiger partial charge in [0.15, 0.2) is 0 Å². The van der Waals surface area contributed by atoms with Crippen LogP contribution in [0.3, 0.4) is 0 Å². The molecule has 0 aromatic heterocycles. The summed E-state index contributed by atoms with van der Waals surface area (Å²) in [7, 11) is 0. The summed E-state index contributed by atoms with van der Waals surface area (Å²) in [6.07, 6.45) is 2.08. The lowest BCUT2D eigenvalue weighted by Crippen LogP contribution is -2.18. The molecule has 2 aromatic rings. The van der Waals surface area contributed by atoms with Gasteiger partial charge < -0.3 is 5.32 Å². The molecule has 0 fully saturated rings. The van der Waals surface area contributed by atoms with E-state index in [4.69, 9.17) is 23.2 Å². The van der Waals surface area contributed by atoms with Gasteiger partial charge in [0.25, 0.3) is 0 Å². The van der Waals surface area contributed by atoms with Gasteiger partial charge in [0, 0.05) is 27.5 Å². The molecule has 0 radical (unpaired) electrons. The quantitative estimate of drug-likeness (QED) is 0.721. The molecule has 0 aliphatic rings. The summed E-state index contributed by atoms with van der Waals surface area (Å²) in [6.45, 7) is 2.89. The first kappa shape index (κ1) is 15.7. The molecule has 0 aliphatic carbocycles. The third-order valence-electron chi connectivity index (χ3n) is 3.15. The predicted molar refractivity (Wildman–Crippen MR) is 89.9 cm³/mol. The summed E-state index contributed by atoms with van der Waals surface area (Å²) >= 11 is 13.8. The minimum Gasteiger partial charge on any atom is -0.306 e. The Kier molecular flexibility index (Phi) is 5.79. The molecule has 2 rings (SSSR count). The third-order valence-corrected chi connectivity index (χ3v) is 4.33. The maximum Gasteiger partial charge on any atom is 0.0424 e. The Hall–Kier alpha value is -0.670. The molecule has 0 saturated carbocycles. The van der Waals surface area contributed by atoms with E-state index in [0.717, 1.165) is 12.1 Å². The van der Waals surface area contributed by atoms with Crippen LogP contribution in [0.25, 0.3) is 0 Å². The van der Waals surface area contributed by atoms with Crippen LogP contribution in [0, 0.1) is 0 Å². The van der Waals surface area contributed by atoms with Crippen LogP contribution in [-0.2, 0) is 6.54 Å². The fourth-order valence-electron chi connectivity index (χ4n) is 1.99. The van der Waals surface area contributed by atoms with Crippen molar-refractivity contribution in [3.63, 3.8) is 0 Å². The highest BCUT2D eigenvalue weighted by Gasteiger charge is 2.05. The van der Waals surface area contributed by atoms with E-state index >= 15 is 0 Å². The van der Waals surface area contributed by atoms with Crippen molar-refractivity contribution >= 4 is 35.0 Å². The summed E-state index contributed by atoms with van der Waals surface area (Å²) < 4.78 is 0. The highest BCUT2D eigenvalue weighted by atomic mass is 35.5. The zero-order valence-electron chi connectivity index (χ0n) is 11.5. The molecule has 1 unspecified atom stereocenters. The number of halogens is 2. The molecule has 1 N–H and O–H groups in total. The highest BCUT2D eigenvalue weighted by molar-refractivity contribution is 7.98. The van der Waals surface area contributed by atoms with Crippen LogP contribution < -0.4 is 5.32 Å². The van der Waals surface area contributed by atoms with E-state index in [1.807, 2.05) is 12.1 Å². The molecule has 0 aliphatic heterocycles. The molecular formula is C16H17Cl2NS. The Morgan fingerprint density at radius 1 is 1.05 bits per heavy atom. The number of nitrogens with one attached hydrogen (secondary N) is 1. The lowest BCUT2D eigenvalue weighted by atomic mass is 10.1. The highest BCUT2D eigenvalue weighted by Crippen LogP contribution is 2.21. The second-order valence-electron chi connectivity index (χ2n) is 4.65. The molecule has 0 saturated heterocycles. The van der Waals surface area contributed by atoms with Crippen LogP contribution in [0.5, 0.6) is 0 Å². The monoisotopic (exact) mass is 325 g/mol. The van der Waals surface area contributed by atoms with Crippen LogP contribution in [0.15, 0.2) is 47.4 Å². The van der Waals surface area contributed by atoms with Crippen molar-refractivity contribution in [2.75, 3.05) is 6.26 Å². The van der Waals surface area contributed by atoms with Gasteiger partial charge in [-0.05, 0) is 54.6 Å². The van der Waals surface area contributed by atoms with Crippen LogP contribution in [-0.4, -0.2) is 6.26 Å². The Labute approximate surface area is 134 Å². The molecule has 0 spiro atoms. The van der Waals surface area contributed by atoms with Crippen molar-refractivity contribution in [1.82, 2.24) is 5.32 Å². The Balaban J connectivity index is 1.98. The smallest absolute Gasteiger partial charge is 0.0424 e. The van der Waals surface area contributed by atoms with Crippen molar-refractivity contribution in [2.24, 2.45) is 0 Å². The van der Waals surface area contributed by atoms with Gasteiger partial charge in [0.2, 0.25) is 0 Å². The molecule has 0 amide bonds. The Morgan fingerprint density at radius 3 is 2.20 bits per heavy atom. The number of hydrogen-bond acceptors (Lipinski definition) is 2.